The molecule has 2 heterocycles. The van der Waals surface area contributed by atoms with E-state index in [2.05, 4.69) is 17.2 Å². The van der Waals surface area contributed by atoms with Gasteiger partial charge in [0.15, 0.2) is 5.50 Å². The molecule has 0 fully saturated rings. The number of fused-ring (bicyclic) bond motifs is 3. The Bertz CT molecular complexity index is 489. The van der Waals surface area contributed by atoms with Gasteiger partial charge in [-0.1, -0.05) is 11.8 Å². The monoisotopic (exact) mass is 250 g/mol. The average molecular weight is 250 g/mol. The SMILES string of the molecule is COc1ccc2c(c1)N1C=C(C)N(CO)C1S2. The largest absolute Gasteiger partial charge is 0.497 e. The Morgan fingerprint density at radius 1 is 1.47 bits per heavy atom. The first kappa shape index (κ1) is 10.8. The molecule has 1 N–H and O–H groups in total. The van der Waals surface area contributed by atoms with Gasteiger partial charge in [-0.2, -0.15) is 0 Å². The van der Waals surface area contributed by atoms with Crippen molar-refractivity contribution in [2.75, 3.05) is 18.7 Å². The number of hydrogen-bond donors (Lipinski definition) is 1. The Hall–Kier alpha value is -1.33. The van der Waals surface area contributed by atoms with E-state index in [1.807, 2.05) is 24.0 Å². The minimum Gasteiger partial charge on any atom is -0.497 e. The van der Waals surface area contributed by atoms with Crippen LogP contribution in [0.3, 0.4) is 0 Å². The molecule has 0 aliphatic carbocycles. The van der Waals surface area contributed by atoms with E-state index in [4.69, 9.17) is 4.74 Å². The first-order chi connectivity index (χ1) is 8.24. The highest BCUT2D eigenvalue weighted by Gasteiger charge is 2.38. The molecule has 0 aromatic heterocycles. The average Bonchev–Trinajstić information content (AvgIpc) is 2.83. The fourth-order valence-electron chi connectivity index (χ4n) is 2.19. The maximum Gasteiger partial charge on any atom is 0.160 e. The molecule has 5 heteroatoms. The van der Waals surface area contributed by atoms with Gasteiger partial charge in [0, 0.05) is 22.9 Å². The van der Waals surface area contributed by atoms with Crippen molar-refractivity contribution in [1.82, 2.24) is 4.90 Å². The van der Waals surface area contributed by atoms with Crippen LogP contribution < -0.4 is 9.64 Å². The smallest absolute Gasteiger partial charge is 0.160 e. The third-order valence-corrected chi connectivity index (χ3v) is 4.40. The molecule has 1 unspecified atom stereocenters. The quantitative estimate of drug-likeness (QED) is 0.869. The predicted molar refractivity (Wildman–Crippen MR) is 67.8 cm³/mol. The Labute approximate surface area is 104 Å². The van der Waals surface area contributed by atoms with Crippen molar-refractivity contribution >= 4 is 17.4 Å². The van der Waals surface area contributed by atoms with Crippen LogP contribution in [0.25, 0.3) is 0 Å². The number of aliphatic hydroxyl groups is 1. The van der Waals surface area contributed by atoms with Crippen LogP contribution in [0.2, 0.25) is 0 Å². The van der Waals surface area contributed by atoms with Crippen molar-refractivity contribution in [3.05, 3.63) is 30.1 Å². The summed E-state index contributed by atoms with van der Waals surface area (Å²) < 4.78 is 5.25. The lowest BCUT2D eigenvalue weighted by molar-refractivity contribution is 0.141. The lowest BCUT2D eigenvalue weighted by Gasteiger charge is -2.25. The number of ether oxygens (including phenoxy) is 1. The van der Waals surface area contributed by atoms with Crippen molar-refractivity contribution < 1.29 is 9.84 Å². The van der Waals surface area contributed by atoms with Crippen molar-refractivity contribution in [2.45, 2.75) is 17.3 Å². The van der Waals surface area contributed by atoms with Gasteiger partial charge in [-0.3, -0.25) is 0 Å². The molecule has 1 aromatic carbocycles. The Balaban J connectivity index is 2.01. The summed E-state index contributed by atoms with van der Waals surface area (Å²) in [6.07, 6.45) is 2.07. The van der Waals surface area contributed by atoms with Crippen LogP contribution in [-0.2, 0) is 0 Å². The summed E-state index contributed by atoms with van der Waals surface area (Å²) in [5.41, 5.74) is 2.37. The van der Waals surface area contributed by atoms with E-state index < -0.39 is 0 Å². The van der Waals surface area contributed by atoms with Gasteiger partial charge < -0.3 is 19.6 Å². The summed E-state index contributed by atoms with van der Waals surface area (Å²) in [6, 6.07) is 6.07. The molecule has 3 rings (SSSR count). The second-order valence-corrected chi connectivity index (χ2v) is 5.16. The molecular formula is C12H14N2O2S. The molecular weight excluding hydrogens is 236 g/mol. The first-order valence-corrected chi connectivity index (χ1v) is 6.31. The Kier molecular flexibility index (Phi) is 2.45. The zero-order valence-electron chi connectivity index (χ0n) is 9.75. The third kappa shape index (κ3) is 1.50. The van der Waals surface area contributed by atoms with E-state index in [0.717, 1.165) is 17.1 Å². The molecule has 0 radical (unpaired) electrons. The van der Waals surface area contributed by atoms with Crippen molar-refractivity contribution in [3.8, 4) is 5.75 Å². The summed E-state index contributed by atoms with van der Waals surface area (Å²) in [6.45, 7) is 2.05. The van der Waals surface area contributed by atoms with Crippen molar-refractivity contribution in [2.24, 2.45) is 0 Å². The maximum absolute atomic E-state index is 9.38. The zero-order chi connectivity index (χ0) is 12.0. The summed E-state index contributed by atoms with van der Waals surface area (Å²) in [5.74, 6) is 0.860. The van der Waals surface area contributed by atoms with Gasteiger partial charge >= 0.3 is 0 Å². The molecule has 2 aliphatic heterocycles. The Morgan fingerprint density at radius 2 is 2.29 bits per heavy atom. The van der Waals surface area contributed by atoms with E-state index in [1.54, 1.807) is 18.9 Å². The number of benzene rings is 1. The minimum atomic E-state index is 0.0433. The van der Waals surface area contributed by atoms with E-state index >= 15 is 0 Å². The number of hydrogen-bond acceptors (Lipinski definition) is 5. The molecule has 4 nitrogen and oxygen atoms in total. The predicted octanol–water partition coefficient (Wildman–Crippen LogP) is 2.02. The normalized spacial score (nSPS) is 21.4. The third-order valence-electron chi connectivity index (χ3n) is 3.11. The number of thioether (sulfide) groups is 1. The first-order valence-electron chi connectivity index (χ1n) is 5.43. The van der Waals surface area contributed by atoms with Gasteiger partial charge in [0.1, 0.15) is 12.5 Å². The molecule has 0 saturated carbocycles. The standard InChI is InChI=1S/C12H14N2O2S/c1-8-6-13-10-5-9(16-2)3-4-11(10)17-12(13)14(8)7-15/h3-6,12,15H,7H2,1-2H3. The van der Waals surface area contributed by atoms with Gasteiger partial charge in [0.05, 0.1) is 12.8 Å². The molecule has 1 atom stereocenters. The number of allylic oxidation sites excluding steroid dienone is 1. The summed E-state index contributed by atoms with van der Waals surface area (Å²) in [4.78, 5) is 5.36. The Morgan fingerprint density at radius 3 is 3.00 bits per heavy atom. The van der Waals surface area contributed by atoms with Gasteiger partial charge in [0.25, 0.3) is 0 Å². The van der Waals surface area contributed by atoms with E-state index in [-0.39, 0.29) is 12.2 Å². The lowest BCUT2D eigenvalue weighted by atomic mass is 10.3. The highest BCUT2D eigenvalue weighted by atomic mass is 32.2. The molecule has 0 bridgehead atoms. The number of methoxy groups -OCH3 is 1. The van der Waals surface area contributed by atoms with E-state index in [0.29, 0.717) is 0 Å². The van der Waals surface area contributed by atoms with Gasteiger partial charge in [0.2, 0.25) is 0 Å². The second-order valence-electron chi connectivity index (χ2n) is 4.07. The van der Waals surface area contributed by atoms with Crippen LogP contribution in [0.1, 0.15) is 6.92 Å². The summed E-state index contributed by atoms with van der Waals surface area (Å²) in [5, 5.41) is 9.38. The second kappa shape index (κ2) is 3.85. The highest BCUT2D eigenvalue weighted by molar-refractivity contribution is 8.00. The highest BCUT2D eigenvalue weighted by Crippen LogP contribution is 2.49. The summed E-state index contributed by atoms with van der Waals surface area (Å²) in [7, 11) is 1.67. The molecule has 0 spiro atoms. The van der Waals surface area contributed by atoms with Gasteiger partial charge in [-0.05, 0) is 19.1 Å². The molecule has 17 heavy (non-hydrogen) atoms. The molecule has 0 saturated heterocycles. The number of anilines is 1. The minimum absolute atomic E-state index is 0.0433. The van der Waals surface area contributed by atoms with E-state index in [1.165, 1.54) is 4.90 Å². The topological polar surface area (TPSA) is 35.9 Å². The number of nitrogens with zero attached hydrogens (tertiary/aromatic N) is 2. The van der Waals surface area contributed by atoms with E-state index in [9.17, 15) is 5.11 Å². The maximum atomic E-state index is 9.38. The van der Waals surface area contributed by atoms with Crippen LogP contribution in [0.4, 0.5) is 5.69 Å². The van der Waals surface area contributed by atoms with Crippen LogP contribution >= 0.6 is 11.8 Å². The van der Waals surface area contributed by atoms with Crippen LogP contribution in [0.5, 0.6) is 5.75 Å². The van der Waals surface area contributed by atoms with Crippen molar-refractivity contribution in [3.63, 3.8) is 0 Å². The van der Waals surface area contributed by atoms with Crippen LogP contribution in [-0.4, -0.2) is 29.3 Å². The number of aliphatic hydroxyl groups excluding tert-OH is 1. The number of rotatable bonds is 2. The fourth-order valence-corrected chi connectivity index (χ4v) is 3.50. The molecule has 1 aromatic rings. The fraction of sp³-hybridized carbons (Fsp3) is 0.333. The van der Waals surface area contributed by atoms with Gasteiger partial charge in [-0.25, -0.2) is 0 Å². The molecule has 90 valence electrons. The van der Waals surface area contributed by atoms with Crippen LogP contribution in [0.15, 0.2) is 35.0 Å². The molecule has 2 aliphatic rings. The van der Waals surface area contributed by atoms with Crippen molar-refractivity contribution in [1.29, 1.82) is 0 Å². The zero-order valence-corrected chi connectivity index (χ0v) is 10.6. The molecule has 0 amide bonds. The van der Waals surface area contributed by atoms with Gasteiger partial charge in [-0.15, -0.1) is 0 Å². The summed E-state index contributed by atoms with van der Waals surface area (Å²) >= 11 is 1.75. The van der Waals surface area contributed by atoms with Crippen LogP contribution in [0, 0.1) is 0 Å². The lowest BCUT2D eigenvalue weighted by Crippen LogP contribution is -2.34.